The molecular formula is C56H38N4. The van der Waals surface area contributed by atoms with Gasteiger partial charge in [-0.15, -0.1) is 0 Å². The summed E-state index contributed by atoms with van der Waals surface area (Å²) in [6, 6.07) is 67.6. The van der Waals surface area contributed by atoms with E-state index in [2.05, 4.69) is 190 Å². The van der Waals surface area contributed by atoms with Crippen LogP contribution in [0.5, 0.6) is 0 Å². The first-order chi connectivity index (χ1) is 29.7. The van der Waals surface area contributed by atoms with Crippen LogP contribution in [0.1, 0.15) is 0 Å². The third-order valence-corrected chi connectivity index (χ3v) is 11.0. The molecule has 3 aromatic heterocycles. The predicted molar refractivity (Wildman–Crippen MR) is 247 cm³/mol. The van der Waals surface area contributed by atoms with Crippen LogP contribution in [-0.4, -0.2) is 19.9 Å². The molecule has 0 unspecified atom stereocenters. The Morgan fingerprint density at radius 1 is 0.183 bits per heavy atom. The van der Waals surface area contributed by atoms with Gasteiger partial charge in [-0.25, -0.2) is 9.97 Å². The number of nitrogens with zero attached hydrogens (tertiary/aromatic N) is 4. The largest absolute Gasteiger partial charge is 0.265 e. The minimum atomic E-state index is 0.968. The van der Waals surface area contributed by atoms with Crippen molar-refractivity contribution in [2.24, 2.45) is 0 Å². The molecule has 0 aliphatic carbocycles. The minimum absolute atomic E-state index is 0.968. The third kappa shape index (κ3) is 7.78. The van der Waals surface area contributed by atoms with Crippen LogP contribution < -0.4 is 0 Å². The van der Waals surface area contributed by atoms with Crippen LogP contribution in [0.25, 0.3) is 100 Å². The zero-order valence-electron chi connectivity index (χ0n) is 32.7. The van der Waals surface area contributed by atoms with E-state index in [4.69, 9.17) is 0 Å². The van der Waals surface area contributed by atoms with Crippen molar-refractivity contribution in [1.82, 2.24) is 19.9 Å². The second kappa shape index (κ2) is 16.4. The molecule has 0 spiro atoms. The summed E-state index contributed by atoms with van der Waals surface area (Å²) in [4.78, 5) is 17.3. The molecule has 282 valence electrons. The summed E-state index contributed by atoms with van der Waals surface area (Å²) in [5.41, 5.74) is 20.4. The fraction of sp³-hybridized carbons (Fsp3) is 0. The lowest BCUT2D eigenvalue weighted by Crippen LogP contribution is -1.89. The molecule has 4 nitrogen and oxygen atoms in total. The molecule has 0 bridgehead atoms. The summed E-state index contributed by atoms with van der Waals surface area (Å²) < 4.78 is 0. The van der Waals surface area contributed by atoms with Crippen molar-refractivity contribution in [2.45, 2.75) is 0 Å². The van der Waals surface area contributed by atoms with E-state index in [0.29, 0.717) is 0 Å². The van der Waals surface area contributed by atoms with Crippen molar-refractivity contribution in [3.63, 3.8) is 0 Å². The highest BCUT2D eigenvalue weighted by Crippen LogP contribution is 2.37. The normalized spacial score (nSPS) is 11.0. The van der Waals surface area contributed by atoms with Gasteiger partial charge in [0.25, 0.3) is 0 Å². The van der Waals surface area contributed by atoms with Crippen molar-refractivity contribution in [3.8, 4) is 100 Å². The molecule has 7 aromatic carbocycles. The second-order valence-corrected chi connectivity index (χ2v) is 14.9. The molecule has 10 aromatic rings. The fourth-order valence-electron chi connectivity index (χ4n) is 7.92. The summed E-state index contributed by atoms with van der Waals surface area (Å²) in [7, 11) is 0. The van der Waals surface area contributed by atoms with Gasteiger partial charge in [0, 0.05) is 48.3 Å². The highest BCUT2D eigenvalue weighted by molar-refractivity contribution is 5.85. The van der Waals surface area contributed by atoms with Gasteiger partial charge in [0.1, 0.15) is 6.33 Å². The van der Waals surface area contributed by atoms with E-state index in [-0.39, 0.29) is 0 Å². The van der Waals surface area contributed by atoms with Gasteiger partial charge in [-0.2, -0.15) is 0 Å². The van der Waals surface area contributed by atoms with E-state index >= 15 is 0 Å². The molecule has 3 heterocycles. The second-order valence-electron chi connectivity index (χ2n) is 14.9. The summed E-state index contributed by atoms with van der Waals surface area (Å²) in [5.74, 6) is 0. The van der Waals surface area contributed by atoms with Crippen LogP contribution in [0, 0.1) is 0 Å². The van der Waals surface area contributed by atoms with Crippen LogP contribution in [0.15, 0.2) is 232 Å². The average Bonchev–Trinajstić information content (AvgIpc) is 3.35. The van der Waals surface area contributed by atoms with Crippen LogP contribution in [-0.2, 0) is 0 Å². The Kier molecular flexibility index (Phi) is 9.92. The van der Waals surface area contributed by atoms with Gasteiger partial charge in [0.15, 0.2) is 0 Å². The maximum atomic E-state index is 4.37. The fourth-order valence-corrected chi connectivity index (χ4v) is 7.92. The SMILES string of the molecule is c1cncc(-c2cccc(-c3cccc(-c4cccc(-c5cc(-c6cncnc6)cc(-c6cccc(-c7cccc(-c8cccc(-c9ccncc9)c8)c7)c6)c5)c4)c3)c2)c1. The first-order valence-electron chi connectivity index (χ1n) is 20.0. The topological polar surface area (TPSA) is 51.6 Å². The van der Waals surface area contributed by atoms with Gasteiger partial charge < -0.3 is 0 Å². The van der Waals surface area contributed by atoms with Gasteiger partial charge in [-0.1, -0.05) is 115 Å². The Morgan fingerprint density at radius 3 is 0.833 bits per heavy atom. The molecule has 0 atom stereocenters. The monoisotopic (exact) mass is 766 g/mol. The number of pyridine rings is 2. The molecule has 4 heteroatoms. The van der Waals surface area contributed by atoms with Crippen LogP contribution in [0.4, 0.5) is 0 Å². The van der Waals surface area contributed by atoms with Crippen molar-refractivity contribution in [3.05, 3.63) is 232 Å². The van der Waals surface area contributed by atoms with Crippen LogP contribution >= 0.6 is 0 Å². The molecule has 0 amide bonds. The molecule has 0 aliphatic rings. The van der Waals surface area contributed by atoms with Gasteiger partial charge >= 0.3 is 0 Å². The Hall–Kier alpha value is -8.08. The van der Waals surface area contributed by atoms with E-state index < -0.39 is 0 Å². The lowest BCUT2D eigenvalue weighted by molar-refractivity contribution is 1.17. The third-order valence-electron chi connectivity index (χ3n) is 11.0. The van der Waals surface area contributed by atoms with Gasteiger partial charge in [0.05, 0.1) is 0 Å². The summed E-state index contributed by atoms with van der Waals surface area (Å²) in [6.45, 7) is 0. The highest BCUT2D eigenvalue weighted by Gasteiger charge is 2.12. The van der Waals surface area contributed by atoms with Gasteiger partial charge in [-0.3, -0.25) is 9.97 Å². The Morgan fingerprint density at radius 2 is 0.467 bits per heavy atom. The highest BCUT2D eigenvalue weighted by atomic mass is 14.8. The molecule has 60 heavy (non-hydrogen) atoms. The van der Waals surface area contributed by atoms with Crippen molar-refractivity contribution < 1.29 is 0 Å². The molecular weight excluding hydrogens is 729 g/mol. The molecule has 0 radical (unpaired) electrons. The van der Waals surface area contributed by atoms with Gasteiger partial charge in [0.2, 0.25) is 0 Å². The van der Waals surface area contributed by atoms with E-state index in [1.807, 2.05) is 55.4 Å². The quantitative estimate of drug-likeness (QED) is 0.147. The number of hydrogen-bond donors (Lipinski definition) is 0. The van der Waals surface area contributed by atoms with E-state index in [9.17, 15) is 0 Å². The minimum Gasteiger partial charge on any atom is -0.265 e. The molecule has 0 saturated carbocycles. The van der Waals surface area contributed by atoms with Crippen molar-refractivity contribution >= 4 is 0 Å². The lowest BCUT2D eigenvalue weighted by Gasteiger charge is -2.14. The predicted octanol–water partition coefficient (Wildman–Crippen LogP) is 14.3. The zero-order chi connectivity index (χ0) is 40.1. The Bertz CT molecular complexity index is 2900. The number of hydrogen-bond acceptors (Lipinski definition) is 4. The van der Waals surface area contributed by atoms with E-state index in [0.717, 1.165) is 72.3 Å². The number of rotatable bonds is 9. The van der Waals surface area contributed by atoms with Crippen LogP contribution in [0.2, 0.25) is 0 Å². The first-order valence-corrected chi connectivity index (χ1v) is 20.0. The average molecular weight is 767 g/mol. The zero-order valence-corrected chi connectivity index (χ0v) is 32.7. The first kappa shape index (κ1) is 36.3. The standard InChI is InChI=1S/C56H38N4/c1-8-40(39-21-24-57-25-22-39)26-41(9-1)42-10-2-12-44(27-42)47-15-5-18-50(30-47)53-32-54(34-55(33-53)56-36-59-38-60-37-56)51-19-6-16-48(31-51)45-13-3-11-43(28-45)46-14-4-17-49(29-46)52-20-7-23-58-35-52/h1-38H. The lowest BCUT2D eigenvalue weighted by atomic mass is 9.91. The maximum Gasteiger partial charge on any atom is 0.115 e. The number of benzene rings is 7. The molecule has 10 rings (SSSR count). The number of aromatic nitrogens is 4. The summed E-state index contributed by atoms with van der Waals surface area (Å²) in [5, 5.41) is 0. The summed E-state index contributed by atoms with van der Waals surface area (Å²) >= 11 is 0. The Balaban J connectivity index is 0.997. The molecule has 0 saturated heterocycles. The van der Waals surface area contributed by atoms with Crippen LogP contribution in [0.3, 0.4) is 0 Å². The molecule has 0 fully saturated rings. The van der Waals surface area contributed by atoms with E-state index in [1.165, 1.54) is 27.8 Å². The van der Waals surface area contributed by atoms with Crippen molar-refractivity contribution in [1.29, 1.82) is 0 Å². The molecule has 0 aliphatic heterocycles. The van der Waals surface area contributed by atoms with Gasteiger partial charge in [-0.05, 0) is 162 Å². The Labute approximate surface area is 350 Å². The smallest absolute Gasteiger partial charge is 0.115 e. The van der Waals surface area contributed by atoms with E-state index in [1.54, 1.807) is 6.33 Å². The summed E-state index contributed by atoms with van der Waals surface area (Å²) in [6.07, 6.45) is 12.7. The molecule has 0 N–H and O–H groups in total. The van der Waals surface area contributed by atoms with Crippen molar-refractivity contribution in [2.75, 3.05) is 0 Å². The maximum absolute atomic E-state index is 4.37.